The van der Waals surface area contributed by atoms with E-state index in [1.807, 2.05) is 0 Å². The number of piperidine rings is 1. The van der Waals surface area contributed by atoms with E-state index in [2.05, 4.69) is 15.6 Å². The third-order valence-corrected chi connectivity index (χ3v) is 6.93. The summed E-state index contributed by atoms with van der Waals surface area (Å²) in [6.07, 6.45) is 4.44. The minimum absolute atomic E-state index is 0.110. The van der Waals surface area contributed by atoms with Crippen molar-refractivity contribution in [3.8, 4) is 0 Å². The maximum absolute atomic E-state index is 12.8. The minimum Gasteiger partial charge on any atom is -0.355 e. The Bertz CT molecular complexity index is 984. The largest absolute Gasteiger partial charge is 0.355 e. The molecule has 3 rings (SSSR count). The van der Waals surface area contributed by atoms with Crippen LogP contribution in [-0.2, 0) is 19.6 Å². The average molecular weight is 451 g/mol. The Labute approximate surface area is 180 Å². The van der Waals surface area contributed by atoms with E-state index < -0.39 is 15.9 Å². The number of pyridine rings is 1. The Morgan fingerprint density at radius 2 is 1.97 bits per heavy atom. The Kier molecular flexibility index (Phi) is 7.41. The van der Waals surface area contributed by atoms with Crippen LogP contribution in [0, 0.1) is 5.92 Å². The van der Waals surface area contributed by atoms with Crippen molar-refractivity contribution in [1.82, 2.24) is 14.6 Å². The van der Waals surface area contributed by atoms with Crippen LogP contribution in [0.3, 0.4) is 0 Å². The van der Waals surface area contributed by atoms with Gasteiger partial charge in [0.15, 0.2) is 0 Å². The number of nitrogens with zero attached hydrogens (tertiary/aromatic N) is 2. The fraction of sp³-hybridized carbons (Fsp3) is 0.350. The van der Waals surface area contributed by atoms with Crippen molar-refractivity contribution in [3.63, 3.8) is 0 Å². The topological polar surface area (TPSA) is 108 Å². The van der Waals surface area contributed by atoms with Gasteiger partial charge in [0.1, 0.15) is 0 Å². The van der Waals surface area contributed by atoms with Gasteiger partial charge in [-0.15, -0.1) is 0 Å². The van der Waals surface area contributed by atoms with Gasteiger partial charge < -0.3 is 10.6 Å². The molecule has 0 spiro atoms. The van der Waals surface area contributed by atoms with Gasteiger partial charge in [-0.25, -0.2) is 8.42 Å². The van der Waals surface area contributed by atoms with Crippen molar-refractivity contribution < 1.29 is 18.0 Å². The molecule has 1 aliphatic heterocycles. The molecule has 1 aliphatic rings. The fourth-order valence-corrected chi connectivity index (χ4v) is 4.88. The molecule has 2 N–H and O–H groups in total. The molecule has 1 aromatic carbocycles. The number of rotatable bonds is 7. The molecule has 2 aromatic rings. The molecule has 2 amide bonds. The number of nitrogens with one attached hydrogen (secondary N) is 2. The van der Waals surface area contributed by atoms with Crippen LogP contribution < -0.4 is 10.6 Å². The molecule has 160 valence electrons. The second kappa shape index (κ2) is 10.0. The summed E-state index contributed by atoms with van der Waals surface area (Å²) in [6.45, 7) is 0.645. The first kappa shape index (κ1) is 22.2. The number of benzene rings is 1. The van der Waals surface area contributed by atoms with Crippen molar-refractivity contribution in [2.45, 2.75) is 24.2 Å². The molecule has 0 aliphatic carbocycles. The molecule has 0 saturated carbocycles. The molecule has 1 aromatic heterocycles. The summed E-state index contributed by atoms with van der Waals surface area (Å²) in [4.78, 5) is 28.5. The lowest BCUT2D eigenvalue weighted by molar-refractivity contribution is -0.126. The lowest BCUT2D eigenvalue weighted by atomic mass is 9.99. The molecule has 2 heterocycles. The second-order valence-corrected chi connectivity index (χ2v) is 9.36. The van der Waals surface area contributed by atoms with E-state index in [9.17, 15) is 18.0 Å². The summed E-state index contributed by atoms with van der Waals surface area (Å²) in [5.41, 5.74) is 0.587. The Morgan fingerprint density at radius 1 is 1.20 bits per heavy atom. The monoisotopic (exact) mass is 450 g/mol. The Balaban J connectivity index is 1.50. The molecule has 8 nitrogen and oxygen atoms in total. The van der Waals surface area contributed by atoms with Gasteiger partial charge in [0.25, 0.3) is 0 Å². The number of amides is 2. The van der Waals surface area contributed by atoms with Crippen LogP contribution in [0.5, 0.6) is 0 Å². The fourth-order valence-electron chi connectivity index (χ4n) is 3.23. The van der Waals surface area contributed by atoms with Crippen molar-refractivity contribution >= 4 is 39.1 Å². The Hall–Kier alpha value is -2.49. The van der Waals surface area contributed by atoms with Crippen LogP contribution in [0.2, 0.25) is 5.02 Å². The van der Waals surface area contributed by atoms with E-state index in [4.69, 9.17) is 11.6 Å². The molecule has 30 heavy (non-hydrogen) atoms. The van der Waals surface area contributed by atoms with Gasteiger partial charge in [-0.05, 0) is 49.2 Å². The smallest absolute Gasteiger partial charge is 0.243 e. The molecule has 1 saturated heterocycles. The highest BCUT2D eigenvalue weighted by Crippen LogP contribution is 2.24. The van der Waals surface area contributed by atoms with Crippen LogP contribution >= 0.6 is 11.6 Å². The number of aromatic nitrogens is 1. The number of sulfonamides is 1. The van der Waals surface area contributed by atoms with E-state index in [-0.39, 0.29) is 36.2 Å². The van der Waals surface area contributed by atoms with Gasteiger partial charge in [-0.3, -0.25) is 14.6 Å². The summed E-state index contributed by atoms with van der Waals surface area (Å²) in [5, 5.41) is 5.88. The zero-order chi connectivity index (χ0) is 21.6. The third-order valence-electron chi connectivity index (χ3n) is 4.80. The third kappa shape index (κ3) is 5.78. The molecule has 0 bridgehead atoms. The minimum atomic E-state index is -3.69. The van der Waals surface area contributed by atoms with E-state index in [1.165, 1.54) is 34.8 Å². The number of carbonyl (C=O) groups excluding carboxylic acids is 2. The first-order chi connectivity index (χ1) is 14.4. The summed E-state index contributed by atoms with van der Waals surface area (Å²) >= 11 is 5.84. The first-order valence-corrected chi connectivity index (χ1v) is 11.4. The normalized spacial score (nSPS) is 17.3. The predicted octanol–water partition coefficient (Wildman–Crippen LogP) is 2.28. The van der Waals surface area contributed by atoms with Gasteiger partial charge in [0.2, 0.25) is 21.8 Å². The number of anilines is 1. The zero-order valence-electron chi connectivity index (χ0n) is 16.3. The van der Waals surface area contributed by atoms with Gasteiger partial charge in [-0.1, -0.05) is 11.6 Å². The van der Waals surface area contributed by atoms with E-state index in [0.717, 1.165) is 0 Å². The van der Waals surface area contributed by atoms with Gasteiger partial charge >= 0.3 is 0 Å². The number of carbonyl (C=O) groups is 2. The van der Waals surface area contributed by atoms with Crippen LogP contribution in [0.4, 0.5) is 5.69 Å². The molecular weight excluding hydrogens is 428 g/mol. The summed E-state index contributed by atoms with van der Waals surface area (Å²) < 4.78 is 27.0. The predicted molar refractivity (Wildman–Crippen MR) is 113 cm³/mol. The maximum Gasteiger partial charge on any atom is 0.243 e. The lowest BCUT2D eigenvalue weighted by Gasteiger charge is -2.31. The molecule has 1 fully saturated rings. The molecular formula is C20H23ClN4O4S. The highest BCUT2D eigenvalue weighted by Gasteiger charge is 2.33. The molecule has 1 atom stereocenters. The van der Waals surface area contributed by atoms with Crippen molar-refractivity contribution in [3.05, 3.63) is 53.8 Å². The lowest BCUT2D eigenvalue weighted by Crippen LogP contribution is -2.45. The highest BCUT2D eigenvalue weighted by molar-refractivity contribution is 7.89. The van der Waals surface area contributed by atoms with E-state index in [0.29, 0.717) is 30.1 Å². The van der Waals surface area contributed by atoms with Crippen molar-refractivity contribution in [1.29, 1.82) is 0 Å². The van der Waals surface area contributed by atoms with E-state index >= 15 is 0 Å². The first-order valence-electron chi connectivity index (χ1n) is 9.59. The van der Waals surface area contributed by atoms with Gasteiger partial charge in [0.05, 0.1) is 22.7 Å². The van der Waals surface area contributed by atoms with Crippen molar-refractivity contribution in [2.24, 2.45) is 5.92 Å². The number of hydrogen-bond acceptors (Lipinski definition) is 5. The summed E-state index contributed by atoms with van der Waals surface area (Å²) in [7, 11) is -3.69. The maximum atomic E-state index is 12.8. The highest BCUT2D eigenvalue weighted by atomic mass is 35.5. The standard InChI is InChI=1S/C20H23ClN4O4S/c21-16-5-7-18(8-6-16)30(28,29)25-12-2-3-15(14-25)20(27)23-11-9-19(26)24-17-4-1-10-22-13-17/h1,4-8,10,13,15H,2-3,9,11-12,14H2,(H,23,27)(H,24,26)/t15-/m0/s1. The molecule has 0 unspecified atom stereocenters. The van der Waals surface area contributed by atoms with Gasteiger partial charge in [0, 0.05) is 37.3 Å². The quantitative estimate of drug-likeness (QED) is 0.672. The number of hydrogen-bond donors (Lipinski definition) is 2. The molecule has 10 heteroatoms. The van der Waals surface area contributed by atoms with Crippen LogP contribution in [0.25, 0.3) is 0 Å². The van der Waals surface area contributed by atoms with Crippen LogP contribution in [0.15, 0.2) is 53.7 Å². The van der Waals surface area contributed by atoms with Crippen LogP contribution in [0.1, 0.15) is 19.3 Å². The van der Waals surface area contributed by atoms with E-state index in [1.54, 1.807) is 18.3 Å². The van der Waals surface area contributed by atoms with Gasteiger partial charge in [-0.2, -0.15) is 4.31 Å². The molecule has 0 radical (unpaired) electrons. The second-order valence-electron chi connectivity index (χ2n) is 6.99. The Morgan fingerprint density at radius 3 is 2.67 bits per heavy atom. The zero-order valence-corrected chi connectivity index (χ0v) is 17.8. The average Bonchev–Trinajstić information content (AvgIpc) is 2.75. The summed E-state index contributed by atoms with van der Waals surface area (Å²) in [6, 6.07) is 9.41. The SMILES string of the molecule is O=C(CCNC(=O)[C@H]1CCCN(S(=O)(=O)c2ccc(Cl)cc2)C1)Nc1cccnc1. The van der Waals surface area contributed by atoms with Crippen molar-refractivity contribution in [2.75, 3.05) is 25.0 Å². The number of halogens is 1. The summed E-state index contributed by atoms with van der Waals surface area (Å²) in [5.74, 6) is -0.943. The van der Waals surface area contributed by atoms with Crippen LogP contribution in [-0.4, -0.2) is 49.2 Å².